The fraction of sp³-hybridized carbons (Fsp3) is 0.579. The molecule has 0 unspecified atom stereocenters. The number of alkyl carbamates (subject to hydrolysis) is 1. The number of carbonyl (C=O) groups excluding carboxylic acids is 2. The number of methoxy groups -OCH3 is 1. The summed E-state index contributed by atoms with van der Waals surface area (Å²) < 4.78 is 29.1. The summed E-state index contributed by atoms with van der Waals surface area (Å²) in [6.45, 7) is 6.13. The summed E-state index contributed by atoms with van der Waals surface area (Å²) in [4.78, 5) is 23.7. The van der Waals surface area contributed by atoms with E-state index < -0.39 is 23.5 Å². The highest BCUT2D eigenvalue weighted by atomic mass is 19.1. The molecule has 1 aliphatic carbocycles. The topological polar surface area (TPSA) is 73.9 Å². The van der Waals surface area contributed by atoms with Gasteiger partial charge in [0.25, 0.3) is 0 Å². The summed E-state index contributed by atoms with van der Waals surface area (Å²) in [6.07, 6.45) is 2.34. The number of amides is 1. The zero-order chi connectivity index (χ0) is 19.4. The first-order chi connectivity index (χ1) is 12.1. The lowest BCUT2D eigenvalue weighted by Gasteiger charge is -2.41. The molecule has 26 heavy (non-hydrogen) atoms. The molecule has 0 aromatic heterocycles. The van der Waals surface area contributed by atoms with E-state index in [0.717, 1.165) is 25.3 Å². The largest absolute Gasteiger partial charge is 0.492 e. The summed E-state index contributed by atoms with van der Waals surface area (Å²) in [5.41, 5.74) is -0.739. The molecule has 0 spiro atoms. The summed E-state index contributed by atoms with van der Waals surface area (Å²) in [7, 11) is 1.23. The lowest BCUT2D eigenvalue weighted by atomic mass is 9.69. The Balaban J connectivity index is 1.98. The molecule has 144 valence electrons. The van der Waals surface area contributed by atoms with Crippen molar-refractivity contribution in [1.29, 1.82) is 0 Å². The quantitative estimate of drug-likeness (QED) is 0.777. The molecule has 0 aliphatic heterocycles. The van der Waals surface area contributed by atoms with Crippen LogP contribution in [0.15, 0.2) is 18.2 Å². The number of hydrogen-bond acceptors (Lipinski definition) is 5. The monoisotopic (exact) mass is 367 g/mol. The summed E-state index contributed by atoms with van der Waals surface area (Å²) in [5.74, 6) is -0.932. The molecule has 1 N–H and O–H groups in total. The van der Waals surface area contributed by atoms with Crippen LogP contribution in [0.25, 0.3) is 0 Å². The highest BCUT2D eigenvalue weighted by Gasteiger charge is 2.39. The number of benzene rings is 1. The molecule has 0 saturated heterocycles. The summed E-state index contributed by atoms with van der Waals surface area (Å²) in [6, 6.07) is 3.73. The van der Waals surface area contributed by atoms with Crippen molar-refractivity contribution in [2.45, 2.75) is 45.6 Å². The minimum absolute atomic E-state index is 0.0436. The van der Waals surface area contributed by atoms with E-state index >= 15 is 0 Å². The summed E-state index contributed by atoms with van der Waals surface area (Å²) >= 11 is 0. The lowest BCUT2D eigenvalue weighted by Crippen LogP contribution is -2.47. The van der Waals surface area contributed by atoms with E-state index in [-0.39, 0.29) is 16.7 Å². The van der Waals surface area contributed by atoms with E-state index in [9.17, 15) is 14.0 Å². The Kier molecular flexibility index (Phi) is 6.10. The van der Waals surface area contributed by atoms with Gasteiger partial charge >= 0.3 is 12.1 Å². The van der Waals surface area contributed by atoms with Gasteiger partial charge in [-0.25, -0.2) is 14.0 Å². The second-order valence-electron chi connectivity index (χ2n) is 7.63. The van der Waals surface area contributed by atoms with Crippen LogP contribution in [0.1, 0.15) is 50.4 Å². The molecular weight excluding hydrogens is 341 g/mol. The number of hydrogen-bond donors (Lipinski definition) is 1. The molecule has 0 atom stereocenters. The van der Waals surface area contributed by atoms with Crippen molar-refractivity contribution in [2.24, 2.45) is 5.41 Å². The van der Waals surface area contributed by atoms with Crippen molar-refractivity contribution in [2.75, 3.05) is 20.3 Å². The van der Waals surface area contributed by atoms with Crippen LogP contribution < -0.4 is 10.1 Å². The molecule has 1 aromatic rings. The van der Waals surface area contributed by atoms with Gasteiger partial charge in [0.05, 0.1) is 13.7 Å². The Morgan fingerprint density at radius 3 is 2.50 bits per heavy atom. The second-order valence-corrected chi connectivity index (χ2v) is 7.63. The second kappa shape index (κ2) is 7.93. The molecule has 0 bridgehead atoms. The molecule has 7 heteroatoms. The van der Waals surface area contributed by atoms with E-state index in [0.29, 0.717) is 13.2 Å². The maximum Gasteiger partial charge on any atom is 0.407 e. The van der Waals surface area contributed by atoms with Crippen LogP contribution in [0.2, 0.25) is 0 Å². The Bertz CT molecular complexity index is 664. The molecule has 0 radical (unpaired) electrons. The van der Waals surface area contributed by atoms with Crippen LogP contribution >= 0.6 is 0 Å². The average molecular weight is 367 g/mol. The van der Waals surface area contributed by atoms with Crippen LogP contribution in [0.3, 0.4) is 0 Å². The van der Waals surface area contributed by atoms with Gasteiger partial charge in [0.2, 0.25) is 0 Å². The van der Waals surface area contributed by atoms with Crippen molar-refractivity contribution < 1.29 is 28.2 Å². The van der Waals surface area contributed by atoms with Crippen molar-refractivity contribution in [3.05, 3.63) is 29.6 Å². The first-order valence-corrected chi connectivity index (χ1v) is 8.62. The molecule has 6 nitrogen and oxygen atoms in total. The molecule has 1 fully saturated rings. The fourth-order valence-corrected chi connectivity index (χ4v) is 2.75. The maximum absolute atomic E-state index is 13.4. The predicted molar refractivity (Wildman–Crippen MR) is 93.8 cm³/mol. The van der Waals surface area contributed by atoms with Gasteiger partial charge in [0, 0.05) is 12.0 Å². The van der Waals surface area contributed by atoms with Gasteiger partial charge in [0.1, 0.15) is 22.7 Å². The van der Waals surface area contributed by atoms with E-state index in [4.69, 9.17) is 9.47 Å². The first kappa shape index (κ1) is 20.0. The van der Waals surface area contributed by atoms with Crippen LogP contribution in [0.5, 0.6) is 5.75 Å². The minimum Gasteiger partial charge on any atom is -0.492 e. The number of carbonyl (C=O) groups is 2. The van der Waals surface area contributed by atoms with Gasteiger partial charge in [-0.15, -0.1) is 0 Å². The Hall–Kier alpha value is -2.31. The van der Waals surface area contributed by atoms with Gasteiger partial charge in [-0.2, -0.15) is 0 Å². The molecular formula is C19H26FNO5. The summed E-state index contributed by atoms with van der Waals surface area (Å²) in [5, 5.41) is 2.78. The molecule has 1 aromatic carbocycles. The maximum atomic E-state index is 13.4. The predicted octanol–water partition coefficient (Wildman–Crippen LogP) is 3.69. The first-order valence-electron chi connectivity index (χ1n) is 8.62. The standard InChI is InChI=1S/C19H26FNO5/c1-18(2,3)26-17(23)21-11-19(8-5-9-19)12-25-15-7-6-13(20)10-14(15)16(22)24-4/h6-7,10H,5,8-9,11-12H2,1-4H3,(H,21,23). The van der Waals surface area contributed by atoms with E-state index in [1.54, 1.807) is 20.8 Å². The molecule has 1 amide bonds. The number of rotatable bonds is 6. The molecule has 1 aliphatic rings. The van der Waals surface area contributed by atoms with Gasteiger partial charge in [0.15, 0.2) is 0 Å². The smallest absolute Gasteiger partial charge is 0.407 e. The third-order valence-corrected chi connectivity index (χ3v) is 4.30. The molecule has 1 saturated carbocycles. The lowest BCUT2D eigenvalue weighted by molar-refractivity contribution is 0.0325. The van der Waals surface area contributed by atoms with Crippen LogP contribution in [-0.2, 0) is 9.47 Å². The van der Waals surface area contributed by atoms with Crippen molar-refractivity contribution in [3.63, 3.8) is 0 Å². The fourth-order valence-electron chi connectivity index (χ4n) is 2.75. The van der Waals surface area contributed by atoms with Crippen molar-refractivity contribution >= 4 is 12.1 Å². The van der Waals surface area contributed by atoms with E-state index in [1.165, 1.54) is 19.2 Å². The van der Waals surface area contributed by atoms with Gasteiger partial charge in [-0.05, 0) is 51.8 Å². The third-order valence-electron chi connectivity index (χ3n) is 4.30. The SMILES string of the molecule is COC(=O)c1cc(F)ccc1OCC1(CNC(=O)OC(C)(C)C)CCC1. The van der Waals surface area contributed by atoms with Gasteiger partial charge in [-0.3, -0.25) is 0 Å². The van der Waals surface area contributed by atoms with Gasteiger partial charge < -0.3 is 19.5 Å². The van der Waals surface area contributed by atoms with Crippen molar-refractivity contribution in [1.82, 2.24) is 5.32 Å². The van der Waals surface area contributed by atoms with E-state index in [1.807, 2.05) is 0 Å². The third kappa shape index (κ3) is 5.34. The Morgan fingerprint density at radius 1 is 1.27 bits per heavy atom. The zero-order valence-corrected chi connectivity index (χ0v) is 15.7. The van der Waals surface area contributed by atoms with Crippen molar-refractivity contribution in [3.8, 4) is 5.75 Å². The highest BCUT2D eigenvalue weighted by Crippen LogP contribution is 2.41. The number of nitrogens with one attached hydrogen (secondary N) is 1. The van der Waals surface area contributed by atoms with Crippen LogP contribution in [0.4, 0.5) is 9.18 Å². The Labute approximate surface area is 153 Å². The molecule has 2 rings (SSSR count). The van der Waals surface area contributed by atoms with E-state index in [2.05, 4.69) is 10.1 Å². The normalized spacial score (nSPS) is 15.6. The van der Waals surface area contributed by atoms with Gasteiger partial charge in [-0.1, -0.05) is 6.42 Å². The molecule has 0 heterocycles. The zero-order valence-electron chi connectivity index (χ0n) is 15.7. The number of esters is 1. The number of halogens is 1. The van der Waals surface area contributed by atoms with Crippen LogP contribution in [0, 0.1) is 11.2 Å². The van der Waals surface area contributed by atoms with Crippen LogP contribution in [-0.4, -0.2) is 37.9 Å². The highest BCUT2D eigenvalue weighted by molar-refractivity contribution is 5.92. The Morgan fingerprint density at radius 2 is 1.96 bits per heavy atom. The average Bonchev–Trinajstić information content (AvgIpc) is 2.52. The minimum atomic E-state index is -0.658. The number of ether oxygens (including phenoxy) is 3.